The van der Waals surface area contributed by atoms with Gasteiger partial charge < -0.3 is 20.1 Å². The second-order valence-electron chi connectivity index (χ2n) is 6.42. The lowest BCUT2D eigenvalue weighted by atomic mass is 10.1. The number of nitrogens with one attached hydrogen (secondary N) is 2. The Morgan fingerprint density at radius 2 is 1.63 bits per heavy atom. The van der Waals surface area contributed by atoms with Gasteiger partial charge in [-0.1, -0.05) is 48.0 Å². The molecule has 6 nitrogen and oxygen atoms in total. The van der Waals surface area contributed by atoms with E-state index in [1.54, 1.807) is 72.8 Å². The zero-order chi connectivity index (χ0) is 20.9. The number of halogens is 1. The molecule has 0 saturated carbocycles. The van der Waals surface area contributed by atoms with Crippen molar-refractivity contribution in [1.82, 2.24) is 5.32 Å². The molecule has 0 unspecified atom stereocenters. The zero-order valence-electron chi connectivity index (χ0n) is 15.7. The summed E-state index contributed by atoms with van der Waals surface area (Å²) in [5.41, 5.74) is 1.59. The van der Waals surface area contributed by atoms with Crippen molar-refractivity contribution in [3.63, 3.8) is 0 Å². The number of carbonyl (C=O) groups is 2. The second-order valence-corrected chi connectivity index (χ2v) is 6.83. The van der Waals surface area contributed by atoms with Gasteiger partial charge in [0.15, 0.2) is 11.5 Å². The monoisotopic (exact) mass is 420 g/mol. The van der Waals surface area contributed by atoms with E-state index in [4.69, 9.17) is 21.1 Å². The summed E-state index contributed by atoms with van der Waals surface area (Å²) in [4.78, 5) is 25.7. The Morgan fingerprint density at radius 1 is 0.900 bits per heavy atom. The predicted molar refractivity (Wildman–Crippen MR) is 115 cm³/mol. The van der Waals surface area contributed by atoms with E-state index in [9.17, 15) is 9.59 Å². The Bertz CT molecular complexity index is 1130. The van der Waals surface area contributed by atoms with Crippen LogP contribution in [-0.4, -0.2) is 18.6 Å². The summed E-state index contributed by atoms with van der Waals surface area (Å²) in [6.45, 7) is 0.146. The largest absolute Gasteiger partial charge is 0.454 e. The van der Waals surface area contributed by atoms with Gasteiger partial charge in [-0.25, -0.2) is 0 Å². The fraction of sp³-hybridized carbons (Fsp3) is 0.0435. The number of carbonyl (C=O) groups excluding carboxylic acids is 2. The summed E-state index contributed by atoms with van der Waals surface area (Å²) in [6, 6.07) is 20.8. The average molecular weight is 421 g/mol. The molecule has 30 heavy (non-hydrogen) atoms. The lowest BCUT2D eigenvalue weighted by molar-refractivity contribution is -0.113. The van der Waals surface area contributed by atoms with Crippen molar-refractivity contribution < 1.29 is 19.1 Å². The van der Waals surface area contributed by atoms with Crippen LogP contribution in [0.2, 0.25) is 5.02 Å². The standard InChI is InChI=1S/C23H17ClN2O4/c24-18-9-5-4-8-17(18)22(27)26-19(23(28)25-16-6-2-1-3-7-16)12-15-10-11-20-21(13-15)30-14-29-20/h1-13H,14H2,(H,25,28)(H,26,27). The van der Waals surface area contributed by atoms with Gasteiger partial charge in [-0.2, -0.15) is 0 Å². The topological polar surface area (TPSA) is 76.7 Å². The molecule has 4 rings (SSSR count). The summed E-state index contributed by atoms with van der Waals surface area (Å²) in [6.07, 6.45) is 1.56. The lowest BCUT2D eigenvalue weighted by Gasteiger charge is -2.12. The molecule has 150 valence electrons. The van der Waals surface area contributed by atoms with Crippen molar-refractivity contribution in [2.75, 3.05) is 12.1 Å². The van der Waals surface area contributed by atoms with Crippen molar-refractivity contribution in [2.45, 2.75) is 0 Å². The highest BCUT2D eigenvalue weighted by atomic mass is 35.5. The summed E-state index contributed by atoms with van der Waals surface area (Å²) >= 11 is 6.12. The van der Waals surface area contributed by atoms with E-state index < -0.39 is 11.8 Å². The maximum absolute atomic E-state index is 12.9. The number of amides is 2. The number of hydrogen-bond acceptors (Lipinski definition) is 4. The SMILES string of the molecule is O=C(Nc1ccccc1)C(=Cc1ccc2c(c1)OCO2)NC(=O)c1ccccc1Cl. The molecule has 0 fully saturated rings. The van der Waals surface area contributed by atoms with E-state index >= 15 is 0 Å². The number of para-hydroxylation sites is 1. The van der Waals surface area contributed by atoms with Gasteiger partial charge in [0.2, 0.25) is 6.79 Å². The van der Waals surface area contributed by atoms with Gasteiger partial charge in [0, 0.05) is 5.69 Å². The summed E-state index contributed by atoms with van der Waals surface area (Å²) in [5, 5.41) is 5.73. The Morgan fingerprint density at radius 3 is 2.43 bits per heavy atom. The normalized spacial score (nSPS) is 12.4. The van der Waals surface area contributed by atoms with Gasteiger partial charge in [0.1, 0.15) is 5.70 Å². The molecule has 1 aliphatic heterocycles. The van der Waals surface area contributed by atoms with Crippen LogP contribution in [0.1, 0.15) is 15.9 Å². The van der Waals surface area contributed by atoms with Gasteiger partial charge in [-0.3, -0.25) is 9.59 Å². The molecule has 0 aliphatic carbocycles. The fourth-order valence-corrected chi connectivity index (χ4v) is 3.10. The molecule has 1 heterocycles. The third kappa shape index (κ3) is 4.45. The third-order valence-corrected chi connectivity index (χ3v) is 4.68. The van der Waals surface area contributed by atoms with E-state index in [1.165, 1.54) is 0 Å². The van der Waals surface area contributed by atoms with Crippen LogP contribution in [0.25, 0.3) is 6.08 Å². The Hall–Kier alpha value is -3.77. The van der Waals surface area contributed by atoms with Crippen LogP contribution in [0.4, 0.5) is 5.69 Å². The molecule has 0 radical (unpaired) electrons. The molecule has 2 N–H and O–H groups in total. The van der Waals surface area contributed by atoms with Crippen LogP contribution in [-0.2, 0) is 4.79 Å². The lowest BCUT2D eigenvalue weighted by Crippen LogP contribution is -2.30. The number of ether oxygens (including phenoxy) is 2. The highest BCUT2D eigenvalue weighted by molar-refractivity contribution is 6.34. The van der Waals surface area contributed by atoms with Gasteiger partial charge in [-0.05, 0) is 48.0 Å². The van der Waals surface area contributed by atoms with Gasteiger partial charge >= 0.3 is 0 Å². The zero-order valence-corrected chi connectivity index (χ0v) is 16.5. The highest BCUT2D eigenvalue weighted by Gasteiger charge is 2.18. The van der Waals surface area contributed by atoms with Crippen LogP contribution >= 0.6 is 11.6 Å². The van der Waals surface area contributed by atoms with Crippen LogP contribution in [0.5, 0.6) is 11.5 Å². The first-order valence-corrected chi connectivity index (χ1v) is 9.51. The van der Waals surface area contributed by atoms with Crippen molar-refractivity contribution in [3.05, 3.63) is 94.6 Å². The van der Waals surface area contributed by atoms with E-state index in [2.05, 4.69) is 10.6 Å². The molecule has 0 aromatic heterocycles. The van der Waals surface area contributed by atoms with Gasteiger partial charge in [0.05, 0.1) is 10.6 Å². The number of anilines is 1. The van der Waals surface area contributed by atoms with Crippen LogP contribution in [0, 0.1) is 0 Å². The first-order valence-electron chi connectivity index (χ1n) is 9.14. The van der Waals surface area contributed by atoms with E-state index in [-0.39, 0.29) is 18.1 Å². The van der Waals surface area contributed by atoms with Crippen molar-refractivity contribution in [3.8, 4) is 11.5 Å². The van der Waals surface area contributed by atoms with Gasteiger partial charge in [0.25, 0.3) is 11.8 Å². The number of hydrogen-bond donors (Lipinski definition) is 2. The Balaban J connectivity index is 1.64. The van der Waals surface area contributed by atoms with Crippen molar-refractivity contribution in [2.24, 2.45) is 0 Å². The first kappa shape index (κ1) is 19.5. The Labute approximate surface area is 178 Å². The number of rotatable bonds is 5. The van der Waals surface area contributed by atoms with Crippen LogP contribution < -0.4 is 20.1 Å². The molecule has 0 atom stereocenters. The highest BCUT2D eigenvalue weighted by Crippen LogP contribution is 2.33. The fourth-order valence-electron chi connectivity index (χ4n) is 2.88. The van der Waals surface area contributed by atoms with Crippen LogP contribution in [0.15, 0.2) is 78.5 Å². The molecule has 3 aromatic carbocycles. The molecule has 0 spiro atoms. The molecule has 0 bridgehead atoms. The quantitative estimate of drug-likeness (QED) is 0.597. The molecule has 3 aromatic rings. The molecule has 7 heteroatoms. The summed E-state index contributed by atoms with van der Waals surface area (Å²) in [5.74, 6) is 0.238. The minimum absolute atomic E-state index is 0.0580. The average Bonchev–Trinajstić information content (AvgIpc) is 3.22. The van der Waals surface area contributed by atoms with Gasteiger partial charge in [-0.15, -0.1) is 0 Å². The molecule has 2 amide bonds. The summed E-state index contributed by atoms with van der Waals surface area (Å²) < 4.78 is 10.7. The first-order chi connectivity index (χ1) is 14.6. The minimum Gasteiger partial charge on any atom is -0.454 e. The minimum atomic E-state index is -0.490. The van der Waals surface area contributed by atoms with Crippen LogP contribution in [0.3, 0.4) is 0 Å². The number of fused-ring (bicyclic) bond motifs is 1. The third-order valence-electron chi connectivity index (χ3n) is 4.35. The second kappa shape index (κ2) is 8.71. The number of benzene rings is 3. The summed E-state index contributed by atoms with van der Waals surface area (Å²) in [7, 11) is 0. The molecule has 0 saturated heterocycles. The van der Waals surface area contributed by atoms with Crippen molar-refractivity contribution in [1.29, 1.82) is 0 Å². The predicted octanol–water partition coefficient (Wildman–Crippen LogP) is 4.48. The maximum atomic E-state index is 12.9. The molecule has 1 aliphatic rings. The molecular formula is C23H17ClN2O4. The molecular weight excluding hydrogens is 404 g/mol. The smallest absolute Gasteiger partial charge is 0.272 e. The van der Waals surface area contributed by atoms with E-state index in [0.29, 0.717) is 27.8 Å². The maximum Gasteiger partial charge on any atom is 0.272 e. The van der Waals surface area contributed by atoms with E-state index in [0.717, 1.165) is 0 Å². The van der Waals surface area contributed by atoms with E-state index in [1.807, 2.05) is 6.07 Å². The Kier molecular flexibility index (Phi) is 5.68. The van der Waals surface area contributed by atoms with Crippen molar-refractivity contribution >= 4 is 35.2 Å².